The molecule has 0 aliphatic heterocycles. The Morgan fingerprint density at radius 2 is 1.83 bits per heavy atom. The number of aldehydes is 1. The summed E-state index contributed by atoms with van der Waals surface area (Å²) >= 11 is 0. The Labute approximate surface area is 141 Å². The number of hydrogen-bond acceptors (Lipinski definition) is 5. The molecule has 1 aromatic carbocycles. The number of hydrogen-bond donors (Lipinski definition) is 2. The molecule has 1 rings (SSSR count). The van der Waals surface area contributed by atoms with E-state index in [1.165, 1.54) is 7.11 Å². The van der Waals surface area contributed by atoms with E-state index in [4.69, 9.17) is 9.47 Å². The summed E-state index contributed by atoms with van der Waals surface area (Å²) in [6.07, 6.45) is -0.103. The number of benzene rings is 1. The molecule has 7 heteroatoms. The molecule has 2 N–H and O–H groups in total. The Bertz CT molecular complexity index is 533. The predicted octanol–water partition coefficient (Wildman–Crippen LogP) is 1.27. The van der Waals surface area contributed by atoms with Gasteiger partial charge in [0.15, 0.2) is 0 Å². The van der Waals surface area contributed by atoms with Crippen LogP contribution in [0.4, 0.5) is 4.79 Å². The molecule has 1 unspecified atom stereocenters. The normalized spacial score (nSPS) is 13.0. The number of amides is 2. The Hall–Kier alpha value is -2.41. The summed E-state index contributed by atoms with van der Waals surface area (Å²) in [7, 11) is 1.43. The fourth-order valence-electron chi connectivity index (χ4n) is 1.99. The molecule has 0 fully saturated rings. The first-order chi connectivity index (χ1) is 11.5. The van der Waals surface area contributed by atoms with Crippen LogP contribution in [0, 0.1) is 5.92 Å². The minimum atomic E-state index is -0.812. The fourth-order valence-corrected chi connectivity index (χ4v) is 1.99. The molecule has 0 heterocycles. The zero-order valence-corrected chi connectivity index (χ0v) is 14.2. The number of rotatable bonds is 9. The third kappa shape index (κ3) is 6.78. The van der Waals surface area contributed by atoms with Gasteiger partial charge in [0, 0.05) is 7.11 Å². The van der Waals surface area contributed by atoms with E-state index in [-0.39, 0.29) is 19.1 Å². The quantitative estimate of drug-likeness (QED) is 0.662. The van der Waals surface area contributed by atoms with Crippen LogP contribution in [0.2, 0.25) is 0 Å². The molecule has 0 aromatic heterocycles. The summed E-state index contributed by atoms with van der Waals surface area (Å²) in [4.78, 5) is 35.0. The number of carbonyl (C=O) groups is 3. The molecule has 0 aliphatic rings. The van der Waals surface area contributed by atoms with Gasteiger partial charge in [0.05, 0.1) is 6.61 Å². The first-order valence-corrected chi connectivity index (χ1v) is 7.69. The van der Waals surface area contributed by atoms with E-state index >= 15 is 0 Å². The van der Waals surface area contributed by atoms with Crippen molar-refractivity contribution in [2.45, 2.75) is 32.5 Å². The van der Waals surface area contributed by atoms with Crippen molar-refractivity contribution in [2.75, 3.05) is 13.7 Å². The van der Waals surface area contributed by atoms with Gasteiger partial charge in [0.1, 0.15) is 25.0 Å². The van der Waals surface area contributed by atoms with Crippen molar-refractivity contribution in [2.24, 2.45) is 5.92 Å². The Morgan fingerprint density at radius 1 is 1.17 bits per heavy atom. The van der Waals surface area contributed by atoms with Crippen LogP contribution in [-0.2, 0) is 25.7 Å². The lowest BCUT2D eigenvalue weighted by molar-refractivity contribution is -0.127. The van der Waals surface area contributed by atoms with Crippen LogP contribution in [0.3, 0.4) is 0 Å². The molecule has 0 saturated heterocycles. The van der Waals surface area contributed by atoms with Crippen LogP contribution in [-0.4, -0.2) is 44.1 Å². The number of carbonyl (C=O) groups excluding carboxylic acids is 3. The molecule has 7 nitrogen and oxygen atoms in total. The average Bonchev–Trinajstić information content (AvgIpc) is 2.57. The van der Waals surface area contributed by atoms with Gasteiger partial charge in [-0.2, -0.15) is 0 Å². The molecule has 24 heavy (non-hydrogen) atoms. The summed E-state index contributed by atoms with van der Waals surface area (Å²) in [6.45, 7) is 3.75. The summed E-state index contributed by atoms with van der Waals surface area (Å²) in [5, 5.41) is 5.05. The summed E-state index contributed by atoms with van der Waals surface area (Å²) in [6, 6.07) is 7.65. The van der Waals surface area contributed by atoms with Gasteiger partial charge in [0.2, 0.25) is 5.91 Å². The lowest BCUT2D eigenvalue weighted by Gasteiger charge is -2.23. The molecular weight excluding hydrogens is 312 g/mol. The van der Waals surface area contributed by atoms with Crippen molar-refractivity contribution in [3.63, 3.8) is 0 Å². The monoisotopic (exact) mass is 336 g/mol. The van der Waals surface area contributed by atoms with E-state index in [1.54, 1.807) is 13.8 Å². The maximum atomic E-state index is 12.2. The standard InChI is InChI=1S/C17H24N2O5/c1-12(2)15(16(21)18-14(9-20)11-23-3)19-17(22)24-10-13-7-5-4-6-8-13/h4-9,12,14-15H,10-11H2,1-3H3,(H,18,21)(H,19,22)/t14?,15-/m0/s1. The van der Waals surface area contributed by atoms with E-state index in [0.29, 0.717) is 6.29 Å². The Balaban J connectivity index is 2.56. The maximum absolute atomic E-state index is 12.2. The molecule has 132 valence electrons. The van der Waals surface area contributed by atoms with Crippen LogP contribution < -0.4 is 10.6 Å². The highest BCUT2D eigenvalue weighted by atomic mass is 16.5. The van der Waals surface area contributed by atoms with E-state index < -0.39 is 24.1 Å². The minimum Gasteiger partial charge on any atom is -0.445 e. The highest BCUT2D eigenvalue weighted by Crippen LogP contribution is 2.05. The number of nitrogens with one attached hydrogen (secondary N) is 2. The zero-order valence-electron chi connectivity index (χ0n) is 14.2. The van der Waals surface area contributed by atoms with E-state index in [2.05, 4.69) is 10.6 Å². The molecule has 0 aliphatic carbocycles. The SMILES string of the molecule is COCC(C=O)NC(=O)[C@@H](NC(=O)OCc1ccccc1)C(C)C. The molecule has 2 amide bonds. The van der Waals surface area contributed by atoms with Crippen LogP contribution in [0.15, 0.2) is 30.3 Å². The van der Waals surface area contributed by atoms with Gasteiger partial charge >= 0.3 is 6.09 Å². The van der Waals surface area contributed by atoms with Gasteiger partial charge in [-0.1, -0.05) is 44.2 Å². The number of ether oxygens (including phenoxy) is 2. The van der Waals surface area contributed by atoms with Crippen molar-refractivity contribution in [3.8, 4) is 0 Å². The van der Waals surface area contributed by atoms with Crippen molar-refractivity contribution in [3.05, 3.63) is 35.9 Å². The third-order valence-electron chi connectivity index (χ3n) is 3.27. The third-order valence-corrected chi connectivity index (χ3v) is 3.27. The maximum Gasteiger partial charge on any atom is 0.408 e. The second-order valence-electron chi connectivity index (χ2n) is 5.63. The van der Waals surface area contributed by atoms with E-state index in [0.717, 1.165) is 5.56 Å². The molecule has 0 radical (unpaired) electrons. The largest absolute Gasteiger partial charge is 0.445 e. The van der Waals surface area contributed by atoms with Crippen LogP contribution in [0.5, 0.6) is 0 Å². The van der Waals surface area contributed by atoms with Crippen LogP contribution in [0.1, 0.15) is 19.4 Å². The number of alkyl carbamates (subject to hydrolysis) is 1. The van der Waals surface area contributed by atoms with Gasteiger partial charge in [-0.05, 0) is 11.5 Å². The van der Waals surface area contributed by atoms with E-state index in [1.807, 2.05) is 30.3 Å². The van der Waals surface area contributed by atoms with Gasteiger partial charge in [0.25, 0.3) is 0 Å². The first-order valence-electron chi connectivity index (χ1n) is 7.69. The highest BCUT2D eigenvalue weighted by Gasteiger charge is 2.26. The summed E-state index contributed by atoms with van der Waals surface area (Å²) in [5.41, 5.74) is 0.847. The van der Waals surface area contributed by atoms with Crippen molar-refractivity contribution < 1.29 is 23.9 Å². The molecule has 0 saturated carbocycles. The average molecular weight is 336 g/mol. The van der Waals surface area contributed by atoms with Crippen LogP contribution >= 0.6 is 0 Å². The Kier molecular flexibility index (Phi) is 8.49. The fraction of sp³-hybridized carbons (Fsp3) is 0.471. The van der Waals surface area contributed by atoms with E-state index in [9.17, 15) is 14.4 Å². The lowest BCUT2D eigenvalue weighted by Crippen LogP contribution is -2.53. The molecular formula is C17H24N2O5. The second-order valence-corrected chi connectivity index (χ2v) is 5.63. The molecule has 0 spiro atoms. The Morgan fingerprint density at radius 3 is 2.38 bits per heavy atom. The first kappa shape index (κ1) is 19.6. The van der Waals surface area contributed by atoms with Crippen molar-refractivity contribution in [1.82, 2.24) is 10.6 Å². The molecule has 1 aromatic rings. The predicted molar refractivity (Wildman–Crippen MR) is 88.3 cm³/mol. The molecule has 0 bridgehead atoms. The van der Waals surface area contributed by atoms with Gasteiger partial charge in [-0.25, -0.2) is 4.79 Å². The minimum absolute atomic E-state index is 0.0680. The highest BCUT2D eigenvalue weighted by molar-refractivity contribution is 5.87. The summed E-state index contributed by atoms with van der Waals surface area (Å²) in [5.74, 6) is -0.639. The smallest absolute Gasteiger partial charge is 0.408 e. The zero-order chi connectivity index (χ0) is 17.9. The van der Waals surface area contributed by atoms with Crippen molar-refractivity contribution >= 4 is 18.3 Å². The van der Waals surface area contributed by atoms with Crippen LogP contribution in [0.25, 0.3) is 0 Å². The number of methoxy groups -OCH3 is 1. The van der Waals surface area contributed by atoms with Gasteiger partial charge in [-0.3, -0.25) is 4.79 Å². The van der Waals surface area contributed by atoms with Gasteiger partial charge < -0.3 is 24.9 Å². The second kappa shape index (κ2) is 10.4. The molecule has 2 atom stereocenters. The lowest BCUT2D eigenvalue weighted by atomic mass is 10.0. The van der Waals surface area contributed by atoms with Crippen molar-refractivity contribution in [1.29, 1.82) is 0 Å². The summed E-state index contributed by atoms with van der Waals surface area (Å²) < 4.78 is 9.96. The van der Waals surface area contributed by atoms with Gasteiger partial charge in [-0.15, -0.1) is 0 Å². The topological polar surface area (TPSA) is 93.7 Å².